The maximum absolute atomic E-state index is 11.6. The zero-order chi connectivity index (χ0) is 15.5. The lowest BCUT2D eigenvalue weighted by Gasteiger charge is -2.19. The Bertz CT molecular complexity index is 307. The minimum absolute atomic E-state index is 0.249. The van der Waals surface area contributed by atoms with Crippen LogP contribution in [0.1, 0.15) is 12.8 Å². The summed E-state index contributed by atoms with van der Waals surface area (Å²) in [7, 11) is -0.302. The molecule has 9 nitrogen and oxygen atoms in total. The van der Waals surface area contributed by atoms with Gasteiger partial charge in [-0.15, -0.1) is 0 Å². The van der Waals surface area contributed by atoms with Crippen LogP contribution in [0.3, 0.4) is 0 Å². The van der Waals surface area contributed by atoms with Gasteiger partial charge in [-0.25, -0.2) is 9.59 Å². The number of carbonyl (C=O) groups excluding carboxylic acids is 2. The molecule has 0 bridgehead atoms. The fourth-order valence-corrected chi connectivity index (χ4v) is 4.67. The fourth-order valence-electron chi connectivity index (χ4n) is 1.51. The van der Waals surface area contributed by atoms with Gasteiger partial charge >= 0.3 is 30.6 Å². The molecule has 1 fully saturated rings. The van der Waals surface area contributed by atoms with Crippen LogP contribution >= 0.6 is 0 Å². The molecule has 1 saturated heterocycles. The summed E-state index contributed by atoms with van der Waals surface area (Å²) in [5, 5.41) is 10.9. The van der Waals surface area contributed by atoms with Crippen molar-refractivity contribution >= 4 is 30.6 Å². The van der Waals surface area contributed by atoms with Crippen LogP contribution in [0.5, 0.6) is 0 Å². The molecule has 21 heavy (non-hydrogen) atoms. The Kier molecular flexibility index (Phi) is 9.00. The van der Waals surface area contributed by atoms with Crippen LogP contribution in [0, 0.1) is 0 Å². The molecule has 0 spiro atoms. The molecule has 1 aliphatic heterocycles. The molecule has 0 saturated carbocycles. The van der Waals surface area contributed by atoms with E-state index >= 15 is 0 Å². The first-order valence-electron chi connectivity index (χ1n) is 6.66. The standard InChI is InChI=1S/C10H22N4O5Si2/c1-17-20-7-13-9(15)11-5-3-4-6-12-10(16)14-8-21(18-2)19-20/h3-8H2,1-2H3,(H2,11,13,15)(H2,12,14,16). The van der Waals surface area contributed by atoms with Gasteiger partial charge in [0.15, 0.2) is 0 Å². The van der Waals surface area contributed by atoms with Gasteiger partial charge in [0.25, 0.3) is 0 Å². The summed E-state index contributed by atoms with van der Waals surface area (Å²) in [6.07, 6.45) is 2.19. The Morgan fingerprint density at radius 2 is 1.29 bits per heavy atom. The van der Waals surface area contributed by atoms with Gasteiger partial charge in [0.2, 0.25) is 0 Å². The van der Waals surface area contributed by atoms with Gasteiger partial charge in [-0.05, 0) is 12.8 Å². The Labute approximate surface area is 127 Å². The largest absolute Gasteiger partial charge is 0.411 e. The molecule has 0 unspecified atom stereocenters. The second-order valence-corrected chi connectivity index (χ2v) is 8.01. The number of nitrogens with one attached hydrogen (secondary N) is 4. The number of carbonyl (C=O) groups is 2. The monoisotopic (exact) mass is 334 g/mol. The second kappa shape index (κ2) is 10.6. The molecule has 4 amide bonds. The van der Waals surface area contributed by atoms with E-state index in [1.807, 2.05) is 0 Å². The van der Waals surface area contributed by atoms with Crippen molar-refractivity contribution in [3.8, 4) is 0 Å². The Balaban J connectivity index is 2.55. The van der Waals surface area contributed by atoms with Crippen LogP contribution in [0.2, 0.25) is 0 Å². The highest BCUT2D eigenvalue weighted by molar-refractivity contribution is 6.59. The molecule has 1 aliphatic rings. The number of hydrogen-bond donors (Lipinski definition) is 4. The molecular formula is C10H22N4O5Si2. The predicted octanol–water partition coefficient (Wildman–Crippen LogP) is -1.26. The first-order valence-corrected chi connectivity index (χ1v) is 9.71. The van der Waals surface area contributed by atoms with Gasteiger partial charge in [-0.2, -0.15) is 0 Å². The van der Waals surface area contributed by atoms with E-state index in [9.17, 15) is 9.59 Å². The highest BCUT2D eigenvalue weighted by Gasteiger charge is 2.25. The molecule has 120 valence electrons. The van der Waals surface area contributed by atoms with Crippen LogP contribution in [-0.2, 0) is 13.0 Å². The van der Waals surface area contributed by atoms with Gasteiger partial charge in [0, 0.05) is 27.3 Å². The van der Waals surface area contributed by atoms with Crippen molar-refractivity contribution in [1.82, 2.24) is 21.3 Å². The third-order valence-corrected chi connectivity index (χ3v) is 6.31. The van der Waals surface area contributed by atoms with Crippen LogP contribution in [-0.4, -0.2) is 70.3 Å². The van der Waals surface area contributed by atoms with E-state index in [2.05, 4.69) is 21.3 Å². The molecule has 2 radical (unpaired) electrons. The van der Waals surface area contributed by atoms with Gasteiger partial charge < -0.3 is 34.2 Å². The van der Waals surface area contributed by atoms with Crippen LogP contribution < -0.4 is 21.3 Å². The fraction of sp³-hybridized carbons (Fsp3) is 0.800. The zero-order valence-corrected chi connectivity index (χ0v) is 14.3. The third kappa shape index (κ3) is 8.01. The molecular weight excluding hydrogens is 312 g/mol. The van der Waals surface area contributed by atoms with E-state index in [1.165, 1.54) is 14.2 Å². The highest BCUT2D eigenvalue weighted by Crippen LogP contribution is 1.93. The minimum Gasteiger partial charge on any atom is -0.411 e. The van der Waals surface area contributed by atoms with E-state index in [1.54, 1.807) is 0 Å². The van der Waals surface area contributed by atoms with Gasteiger partial charge in [0.1, 0.15) is 0 Å². The molecule has 1 rings (SSSR count). The summed E-state index contributed by atoms with van der Waals surface area (Å²) in [5.41, 5.74) is 0. The molecule has 11 heteroatoms. The lowest BCUT2D eigenvalue weighted by Crippen LogP contribution is -2.49. The van der Waals surface area contributed by atoms with E-state index in [0.29, 0.717) is 25.4 Å². The van der Waals surface area contributed by atoms with Gasteiger partial charge in [-0.3, -0.25) is 0 Å². The first kappa shape index (κ1) is 17.9. The SMILES string of the molecule is CO[Si]1CNC(=O)NCCCCNC(=O)NC[Si](OC)O1. The molecule has 0 aliphatic carbocycles. The van der Waals surface area contributed by atoms with E-state index in [4.69, 9.17) is 13.0 Å². The van der Waals surface area contributed by atoms with Crippen molar-refractivity contribution in [3.05, 3.63) is 0 Å². The highest BCUT2D eigenvalue weighted by atomic mass is 28.4. The van der Waals surface area contributed by atoms with Crippen molar-refractivity contribution in [2.24, 2.45) is 0 Å². The maximum atomic E-state index is 11.6. The second-order valence-electron chi connectivity index (χ2n) is 4.18. The van der Waals surface area contributed by atoms with Crippen LogP contribution in [0.4, 0.5) is 9.59 Å². The average molecular weight is 334 g/mol. The molecule has 0 aromatic rings. The minimum atomic E-state index is -1.68. The molecule has 0 aromatic carbocycles. The third-order valence-electron chi connectivity index (χ3n) is 2.64. The van der Waals surface area contributed by atoms with Crippen molar-refractivity contribution < 1.29 is 22.6 Å². The van der Waals surface area contributed by atoms with E-state index in [-0.39, 0.29) is 12.1 Å². The summed E-state index contributed by atoms with van der Waals surface area (Å²) in [4.78, 5) is 23.1. The van der Waals surface area contributed by atoms with Crippen molar-refractivity contribution in [1.29, 1.82) is 0 Å². The summed E-state index contributed by atoms with van der Waals surface area (Å²) >= 11 is 0. The van der Waals surface area contributed by atoms with Crippen molar-refractivity contribution in [3.63, 3.8) is 0 Å². The number of urea groups is 2. The lowest BCUT2D eigenvalue weighted by atomic mass is 10.3. The summed E-state index contributed by atoms with van der Waals surface area (Å²) in [6.45, 7) is 1.11. The number of amides is 4. The van der Waals surface area contributed by atoms with E-state index < -0.39 is 18.6 Å². The maximum Gasteiger partial charge on any atom is 0.396 e. The Morgan fingerprint density at radius 1 is 0.857 bits per heavy atom. The molecule has 4 N–H and O–H groups in total. The number of hydrogen-bond acceptors (Lipinski definition) is 5. The van der Waals surface area contributed by atoms with Gasteiger partial charge in [-0.1, -0.05) is 0 Å². The molecule has 1 heterocycles. The zero-order valence-electron chi connectivity index (χ0n) is 12.3. The molecule has 0 aromatic heterocycles. The summed E-state index contributed by atoms with van der Waals surface area (Å²) < 4.78 is 16.2. The van der Waals surface area contributed by atoms with E-state index in [0.717, 1.165) is 12.8 Å². The lowest BCUT2D eigenvalue weighted by molar-refractivity contribution is 0.238. The Morgan fingerprint density at radius 3 is 1.67 bits per heavy atom. The topological polar surface area (TPSA) is 110 Å². The summed E-state index contributed by atoms with van der Waals surface area (Å²) in [6, 6.07) is -0.497. The summed E-state index contributed by atoms with van der Waals surface area (Å²) in [5.74, 6) is 0. The molecule has 0 atom stereocenters. The number of rotatable bonds is 2. The van der Waals surface area contributed by atoms with Crippen LogP contribution in [0.25, 0.3) is 0 Å². The Hall–Kier alpha value is -1.15. The van der Waals surface area contributed by atoms with Crippen LogP contribution in [0.15, 0.2) is 0 Å². The predicted molar refractivity (Wildman–Crippen MR) is 78.6 cm³/mol. The van der Waals surface area contributed by atoms with Crippen molar-refractivity contribution in [2.45, 2.75) is 12.8 Å². The first-order chi connectivity index (χ1) is 10.2. The van der Waals surface area contributed by atoms with Crippen molar-refractivity contribution in [2.75, 3.05) is 39.6 Å². The normalized spacial score (nSPS) is 21.2. The quantitative estimate of drug-likeness (QED) is 0.471. The smallest absolute Gasteiger partial charge is 0.396 e. The van der Waals surface area contributed by atoms with Gasteiger partial charge in [0.05, 0.1) is 12.3 Å². The average Bonchev–Trinajstić information content (AvgIpc) is 2.49.